The lowest BCUT2D eigenvalue weighted by Gasteiger charge is -2.09. The zero-order valence-electron chi connectivity index (χ0n) is 9.49. The summed E-state index contributed by atoms with van der Waals surface area (Å²) in [5.41, 5.74) is 6.24. The van der Waals surface area contributed by atoms with Crippen molar-refractivity contribution in [2.75, 3.05) is 0 Å². The molecule has 0 atom stereocenters. The lowest BCUT2D eigenvalue weighted by molar-refractivity contribution is -0.117. The van der Waals surface area contributed by atoms with Crippen molar-refractivity contribution in [3.63, 3.8) is 0 Å². The van der Waals surface area contributed by atoms with Gasteiger partial charge in [0.2, 0.25) is 5.91 Å². The van der Waals surface area contributed by atoms with Crippen LogP contribution in [-0.2, 0) is 11.2 Å². The Balaban J connectivity index is 2.58. The first-order valence-electron chi connectivity index (χ1n) is 5.39. The molecule has 18 heavy (non-hydrogen) atoms. The summed E-state index contributed by atoms with van der Waals surface area (Å²) in [6.45, 7) is 0. The summed E-state index contributed by atoms with van der Waals surface area (Å²) in [5.74, 6) is -1.49. The Morgan fingerprint density at radius 2 is 1.78 bits per heavy atom. The number of hydrogen-bond donors (Lipinski definition) is 1. The van der Waals surface area contributed by atoms with Gasteiger partial charge in [-0.3, -0.25) is 4.79 Å². The van der Waals surface area contributed by atoms with Crippen molar-refractivity contribution in [2.24, 2.45) is 5.73 Å². The maximum Gasteiger partial charge on any atom is 0.221 e. The quantitative estimate of drug-likeness (QED) is 0.890. The van der Waals surface area contributed by atoms with E-state index in [1.165, 1.54) is 30.3 Å². The van der Waals surface area contributed by atoms with Gasteiger partial charge >= 0.3 is 0 Å². The number of hydrogen-bond acceptors (Lipinski definition) is 1. The van der Waals surface area contributed by atoms with Gasteiger partial charge in [-0.25, -0.2) is 8.78 Å². The van der Waals surface area contributed by atoms with E-state index in [1.807, 2.05) is 0 Å². The van der Waals surface area contributed by atoms with Crippen LogP contribution in [0.2, 0.25) is 0 Å². The summed E-state index contributed by atoms with van der Waals surface area (Å²) in [6, 6.07) is 9.90. The standard InChI is InChI=1S/C14H11F2NO/c15-10-6-5-9(7-14(17)18)12(8-10)11-3-1-2-4-13(11)16/h1-6,8H,7H2,(H2,17,18). The Kier molecular flexibility index (Phi) is 3.37. The number of amides is 1. The number of carbonyl (C=O) groups is 1. The molecule has 0 aromatic heterocycles. The number of benzene rings is 2. The van der Waals surface area contributed by atoms with Crippen LogP contribution < -0.4 is 5.73 Å². The van der Waals surface area contributed by atoms with E-state index in [0.29, 0.717) is 11.1 Å². The molecule has 0 saturated heterocycles. The molecular weight excluding hydrogens is 236 g/mol. The molecule has 92 valence electrons. The smallest absolute Gasteiger partial charge is 0.221 e. The van der Waals surface area contributed by atoms with Crippen LogP contribution in [0.1, 0.15) is 5.56 Å². The minimum Gasteiger partial charge on any atom is -0.369 e. The van der Waals surface area contributed by atoms with Crippen molar-refractivity contribution in [3.8, 4) is 11.1 Å². The molecule has 0 bridgehead atoms. The largest absolute Gasteiger partial charge is 0.369 e. The Morgan fingerprint density at radius 3 is 2.44 bits per heavy atom. The molecule has 0 unspecified atom stereocenters. The van der Waals surface area contributed by atoms with Crippen LogP contribution in [-0.4, -0.2) is 5.91 Å². The number of primary amides is 1. The third-order valence-electron chi connectivity index (χ3n) is 2.60. The van der Waals surface area contributed by atoms with E-state index in [1.54, 1.807) is 12.1 Å². The van der Waals surface area contributed by atoms with Gasteiger partial charge in [-0.1, -0.05) is 24.3 Å². The Bertz CT molecular complexity index is 596. The zero-order chi connectivity index (χ0) is 13.1. The molecule has 0 aliphatic heterocycles. The molecule has 0 heterocycles. The summed E-state index contributed by atoms with van der Waals surface area (Å²) < 4.78 is 26.9. The average Bonchev–Trinajstić information content (AvgIpc) is 2.32. The fourth-order valence-electron chi connectivity index (χ4n) is 1.82. The molecule has 0 fully saturated rings. The van der Waals surface area contributed by atoms with E-state index in [4.69, 9.17) is 5.73 Å². The van der Waals surface area contributed by atoms with Crippen LogP contribution in [0.25, 0.3) is 11.1 Å². The van der Waals surface area contributed by atoms with Crippen LogP contribution in [0.15, 0.2) is 42.5 Å². The highest BCUT2D eigenvalue weighted by Crippen LogP contribution is 2.27. The third-order valence-corrected chi connectivity index (χ3v) is 2.60. The van der Waals surface area contributed by atoms with Gasteiger partial charge in [-0.15, -0.1) is 0 Å². The number of nitrogens with two attached hydrogens (primary N) is 1. The SMILES string of the molecule is NC(=O)Cc1ccc(F)cc1-c1ccccc1F. The molecule has 0 spiro atoms. The van der Waals surface area contributed by atoms with Crippen molar-refractivity contribution < 1.29 is 13.6 Å². The van der Waals surface area contributed by atoms with Gasteiger partial charge in [-0.2, -0.15) is 0 Å². The molecule has 0 aliphatic carbocycles. The third kappa shape index (κ3) is 2.53. The fourth-order valence-corrected chi connectivity index (χ4v) is 1.82. The lowest BCUT2D eigenvalue weighted by atomic mass is 9.97. The first-order valence-corrected chi connectivity index (χ1v) is 5.39. The highest BCUT2D eigenvalue weighted by molar-refractivity contribution is 5.80. The van der Waals surface area contributed by atoms with Gasteiger partial charge in [-0.05, 0) is 29.3 Å². The van der Waals surface area contributed by atoms with Gasteiger partial charge in [0.15, 0.2) is 0 Å². The second-order valence-corrected chi connectivity index (χ2v) is 3.92. The van der Waals surface area contributed by atoms with Crippen molar-refractivity contribution in [2.45, 2.75) is 6.42 Å². The maximum atomic E-state index is 13.7. The average molecular weight is 247 g/mol. The molecule has 0 aliphatic rings. The molecule has 2 nitrogen and oxygen atoms in total. The summed E-state index contributed by atoms with van der Waals surface area (Å²) >= 11 is 0. The summed E-state index contributed by atoms with van der Waals surface area (Å²) in [6.07, 6.45) is -0.0516. The molecule has 1 amide bonds. The Morgan fingerprint density at radius 1 is 1.06 bits per heavy atom. The molecule has 2 rings (SSSR count). The van der Waals surface area contributed by atoms with E-state index in [9.17, 15) is 13.6 Å². The first-order chi connectivity index (χ1) is 8.58. The second kappa shape index (κ2) is 4.96. The molecule has 0 saturated carbocycles. The lowest BCUT2D eigenvalue weighted by Crippen LogP contribution is -2.14. The number of halogens is 2. The van der Waals surface area contributed by atoms with Crippen LogP contribution in [0.3, 0.4) is 0 Å². The minimum absolute atomic E-state index is 0.0516. The highest BCUT2D eigenvalue weighted by Gasteiger charge is 2.12. The van der Waals surface area contributed by atoms with Gasteiger partial charge < -0.3 is 5.73 Å². The summed E-state index contributed by atoms with van der Waals surface area (Å²) in [5, 5.41) is 0. The van der Waals surface area contributed by atoms with Crippen molar-refractivity contribution in [3.05, 3.63) is 59.7 Å². The summed E-state index contributed by atoms with van der Waals surface area (Å²) in [7, 11) is 0. The Hall–Kier alpha value is -2.23. The van der Waals surface area contributed by atoms with Crippen LogP contribution in [0, 0.1) is 11.6 Å². The maximum absolute atomic E-state index is 13.7. The van der Waals surface area contributed by atoms with E-state index in [0.717, 1.165) is 0 Å². The minimum atomic E-state index is -0.542. The molecule has 4 heteroatoms. The van der Waals surface area contributed by atoms with Gasteiger partial charge in [0.1, 0.15) is 11.6 Å². The van der Waals surface area contributed by atoms with E-state index >= 15 is 0 Å². The fraction of sp³-hybridized carbons (Fsp3) is 0.0714. The van der Waals surface area contributed by atoms with Gasteiger partial charge in [0.05, 0.1) is 6.42 Å². The topological polar surface area (TPSA) is 43.1 Å². The van der Waals surface area contributed by atoms with Crippen molar-refractivity contribution in [1.82, 2.24) is 0 Å². The van der Waals surface area contributed by atoms with Crippen molar-refractivity contribution in [1.29, 1.82) is 0 Å². The van der Waals surface area contributed by atoms with E-state index < -0.39 is 17.5 Å². The normalized spacial score (nSPS) is 10.3. The van der Waals surface area contributed by atoms with Crippen LogP contribution >= 0.6 is 0 Å². The number of carbonyl (C=O) groups excluding carboxylic acids is 1. The van der Waals surface area contributed by atoms with Crippen molar-refractivity contribution >= 4 is 5.91 Å². The van der Waals surface area contributed by atoms with Crippen LogP contribution in [0.5, 0.6) is 0 Å². The monoisotopic (exact) mass is 247 g/mol. The van der Waals surface area contributed by atoms with Gasteiger partial charge in [0.25, 0.3) is 0 Å². The molecular formula is C14H11F2NO. The number of rotatable bonds is 3. The molecule has 0 radical (unpaired) electrons. The van der Waals surface area contributed by atoms with E-state index in [2.05, 4.69) is 0 Å². The summed E-state index contributed by atoms with van der Waals surface area (Å²) in [4.78, 5) is 11.0. The molecule has 2 N–H and O–H groups in total. The molecule has 2 aromatic rings. The molecule has 2 aromatic carbocycles. The zero-order valence-corrected chi connectivity index (χ0v) is 9.49. The predicted molar refractivity (Wildman–Crippen MR) is 64.7 cm³/mol. The van der Waals surface area contributed by atoms with Gasteiger partial charge in [0, 0.05) is 5.56 Å². The highest BCUT2D eigenvalue weighted by atomic mass is 19.1. The second-order valence-electron chi connectivity index (χ2n) is 3.92. The van der Waals surface area contributed by atoms with Crippen LogP contribution in [0.4, 0.5) is 8.78 Å². The first kappa shape index (κ1) is 12.2. The predicted octanol–water partition coefficient (Wildman–Crippen LogP) is 2.66. The Labute approximate surface area is 103 Å². The van der Waals surface area contributed by atoms with E-state index in [-0.39, 0.29) is 12.0 Å².